The highest BCUT2D eigenvalue weighted by atomic mass is 15.4. The predicted molar refractivity (Wildman–Crippen MR) is 101 cm³/mol. The summed E-state index contributed by atoms with van der Waals surface area (Å²) in [5.41, 5.74) is 0. The Morgan fingerprint density at radius 3 is 2.08 bits per heavy atom. The molecular formula is C19H32N6. The third kappa shape index (κ3) is 4.49. The van der Waals surface area contributed by atoms with Crippen molar-refractivity contribution in [3.8, 4) is 0 Å². The SMILES string of the molecule is c1cnc(N2CCN(C3CN(CCN4CCCCCC4)C3)CC2)nc1. The van der Waals surface area contributed by atoms with Crippen molar-refractivity contribution in [2.75, 3.05) is 70.3 Å². The molecule has 0 bridgehead atoms. The van der Waals surface area contributed by atoms with Crippen LogP contribution in [0.2, 0.25) is 0 Å². The second-order valence-corrected chi connectivity index (χ2v) is 7.74. The fraction of sp³-hybridized carbons (Fsp3) is 0.789. The van der Waals surface area contributed by atoms with Gasteiger partial charge in [0.25, 0.3) is 0 Å². The fourth-order valence-corrected chi connectivity index (χ4v) is 4.34. The first-order valence-corrected chi connectivity index (χ1v) is 10.1. The van der Waals surface area contributed by atoms with Crippen molar-refractivity contribution in [3.63, 3.8) is 0 Å². The summed E-state index contributed by atoms with van der Waals surface area (Å²) in [6, 6.07) is 2.65. The van der Waals surface area contributed by atoms with Crippen LogP contribution in [0.4, 0.5) is 5.95 Å². The Morgan fingerprint density at radius 1 is 0.760 bits per heavy atom. The predicted octanol–water partition coefficient (Wildman–Crippen LogP) is 1.16. The molecule has 4 heterocycles. The van der Waals surface area contributed by atoms with Crippen molar-refractivity contribution < 1.29 is 0 Å². The molecule has 0 spiro atoms. The number of anilines is 1. The molecule has 3 fully saturated rings. The summed E-state index contributed by atoms with van der Waals surface area (Å²) in [4.78, 5) is 19.1. The molecule has 25 heavy (non-hydrogen) atoms. The van der Waals surface area contributed by atoms with Crippen LogP contribution in [-0.4, -0.2) is 96.2 Å². The Balaban J connectivity index is 1.14. The molecule has 0 aromatic carbocycles. The second-order valence-electron chi connectivity index (χ2n) is 7.74. The van der Waals surface area contributed by atoms with Crippen LogP contribution in [0.15, 0.2) is 18.5 Å². The third-order valence-electron chi connectivity index (χ3n) is 6.03. The van der Waals surface area contributed by atoms with Crippen molar-refractivity contribution in [1.29, 1.82) is 0 Å². The van der Waals surface area contributed by atoms with Crippen molar-refractivity contribution in [1.82, 2.24) is 24.7 Å². The first-order valence-electron chi connectivity index (χ1n) is 10.1. The summed E-state index contributed by atoms with van der Waals surface area (Å²) in [7, 11) is 0. The zero-order valence-electron chi connectivity index (χ0n) is 15.4. The summed E-state index contributed by atoms with van der Waals surface area (Å²) < 4.78 is 0. The van der Waals surface area contributed by atoms with Gasteiger partial charge in [-0.05, 0) is 32.0 Å². The number of piperazine rings is 1. The van der Waals surface area contributed by atoms with Crippen molar-refractivity contribution in [2.24, 2.45) is 0 Å². The van der Waals surface area contributed by atoms with Gasteiger partial charge in [-0.2, -0.15) is 0 Å². The maximum absolute atomic E-state index is 4.38. The number of hydrogen-bond acceptors (Lipinski definition) is 6. The van der Waals surface area contributed by atoms with E-state index in [0.717, 1.165) is 38.2 Å². The number of hydrogen-bond donors (Lipinski definition) is 0. The largest absolute Gasteiger partial charge is 0.338 e. The Bertz CT molecular complexity index is 502. The topological polar surface area (TPSA) is 38.7 Å². The molecule has 3 aliphatic heterocycles. The van der Waals surface area contributed by atoms with E-state index < -0.39 is 0 Å². The molecule has 0 atom stereocenters. The highest BCUT2D eigenvalue weighted by Gasteiger charge is 2.33. The van der Waals surface area contributed by atoms with Gasteiger partial charge in [-0.3, -0.25) is 9.80 Å². The van der Waals surface area contributed by atoms with Gasteiger partial charge in [-0.1, -0.05) is 12.8 Å². The van der Waals surface area contributed by atoms with E-state index in [4.69, 9.17) is 0 Å². The molecule has 0 unspecified atom stereocenters. The molecule has 0 radical (unpaired) electrons. The summed E-state index contributed by atoms with van der Waals surface area (Å²) in [6.07, 6.45) is 9.34. The average molecular weight is 345 g/mol. The molecule has 0 amide bonds. The summed E-state index contributed by atoms with van der Waals surface area (Å²) in [5, 5.41) is 0. The molecule has 0 saturated carbocycles. The fourth-order valence-electron chi connectivity index (χ4n) is 4.34. The van der Waals surface area contributed by atoms with Gasteiger partial charge in [0.05, 0.1) is 0 Å². The molecule has 3 aliphatic rings. The summed E-state index contributed by atoms with van der Waals surface area (Å²) in [6.45, 7) is 12.1. The van der Waals surface area contributed by atoms with Gasteiger partial charge in [0.15, 0.2) is 0 Å². The molecule has 6 heteroatoms. The normalized spacial score (nSPS) is 24.9. The second kappa shape index (κ2) is 8.43. The highest BCUT2D eigenvalue weighted by molar-refractivity contribution is 5.29. The van der Waals surface area contributed by atoms with Crippen LogP contribution >= 0.6 is 0 Å². The Hall–Kier alpha value is -1.24. The highest BCUT2D eigenvalue weighted by Crippen LogP contribution is 2.19. The van der Waals surface area contributed by atoms with Crippen molar-refractivity contribution >= 4 is 5.95 Å². The van der Waals surface area contributed by atoms with Gasteiger partial charge in [0.1, 0.15) is 0 Å². The van der Waals surface area contributed by atoms with Gasteiger partial charge in [-0.25, -0.2) is 9.97 Å². The average Bonchev–Trinajstić information content (AvgIpc) is 2.90. The number of aromatic nitrogens is 2. The van der Waals surface area contributed by atoms with E-state index >= 15 is 0 Å². The van der Waals surface area contributed by atoms with E-state index in [1.54, 1.807) is 0 Å². The van der Waals surface area contributed by atoms with Crippen LogP contribution in [0.25, 0.3) is 0 Å². The lowest BCUT2D eigenvalue weighted by atomic mass is 10.1. The van der Waals surface area contributed by atoms with Crippen LogP contribution in [0, 0.1) is 0 Å². The first kappa shape index (κ1) is 17.2. The number of rotatable bonds is 5. The standard InChI is InChI=1S/C19H32N6/c1-2-4-9-22(8-3-1)10-11-23-16-18(17-23)24-12-14-25(15-13-24)19-20-6-5-7-21-19/h5-7,18H,1-4,8-17H2. The molecule has 138 valence electrons. The van der Waals surface area contributed by atoms with Crippen LogP contribution in [-0.2, 0) is 0 Å². The Labute approximate surface area is 151 Å². The number of likely N-dealkylation sites (tertiary alicyclic amines) is 2. The Kier molecular flexibility index (Phi) is 5.79. The van der Waals surface area contributed by atoms with Gasteiger partial charge in [0, 0.05) is 70.8 Å². The van der Waals surface area contributed by atoms with E-state index in [1.165, 1.54) is 65.0 Å². The molecule has 4 rings (SSSR count). The molecule has 0 N–H and O–H groups in total. The summed E-state index contributed by atoms with van der Waals surface area (Å²) in [5.74, 6) is 0.884. The van der Waals surface area contributed by atoms with E-state index in [9.17, 15) is 0 Å². The van der Waals surface area contributed by atoms with E-state index in [1.807, 2.05) is 18.5 Å². The van der Waals surface area contributed by atoms with Gasteiger partial charge < -0.3 is 9.80 Å². The monoisotopic (exact) mass is 344 g/mol. The maximum atomic E-state index is 4.38. The zero-order valence-corrected chi connectivity index (χ0v) is 15.4. The molecular weight excluding hydrogens is 312 g/mol. The Morgan fingerprint density at radius 2 is 1.40 bits per heavy atom. The third-order valence-corrected chi connectivity index (χ3v) is 6.03. The summed E-state index contributed by atoms with van der Waals surface area (Å²) >= 11 is 0. The minimum Gasteiger partial charge on any atom is -0.338 e. The van der Waals surface area contributed by atoms with Gasteiger partial charge in [-0.15, -0.1) is 0 Å². The minimum absolute atomic E-state index is 0.767. The maximum Gasteiger partial charge on any atom is 0.225 e. The lowest BCUT2D eigenvalue weighted by Crippen LogP contribution is -2.63. The molecule has 1 aromatic heterocycles. The lowest BCUT2D eigenvalue weighted by molar-refractivity contribution is 0.0249. The number of nitrogens with zero attached hydrogens (tertiary/aromatic N) is 6. The first-order chi connectivity index (χ1) is 12.4. The quantitative estimate of drug-likeness (QED) is 0.798. The van der Waals surface area contributed by atoms with Crippen molar-refractivity contribution in [2.45, 2.75) is 31.7 Å². The molecule has 1 aromatic rings. The van der Waals surface area contributed by atoms with E-state index in [2.05, 4.69) is 29.6 Å². The minimum atomic E-state index is 0.767. The van der Waals surface area contributed by atoms with Gasteiger partial charge in [0.2, 0.25) is 5.95 Å². The molecule has 6 nitrogen and oxygen atoms in total. The van der Waals surface area contributed by atoms with E-state index in [-0.39, 0.29) is 0 Å². The lowest BCUT2D eigenvalue weighted by Gasteiger charge is -2.48. The van der Waals surface area contributed by atoms with Crippen LogP contribution in [0.1, 0.15) is 25.7 Å². The van der Waals surface area contributed by atoms with Crippen molar-refractivity contribution in [3.05, 3.63) is 18.5 Å². The molecule has 3 saturated heterocycles. The zero-order chi connectivity index (χ0) is 16.9. The van der Waals surface area contributed by atoms with E-state index in [0.29, 0.717) is 0 Å². The van der Waals surface area contributed by atoms with Crippen LogP contribution in [0.5, 0.6) is 0 Å². The van der Waals surface area contributed by atoms with Gasteiger partial charge >= 0.3 is 0 Å². The van der Waals surface area contributed by atoms with Crippen LogP contribution in [0.3, 0.4) is 0 Å². The van der Waals surface area contributed by atoms with Crippen LogP contribution < -0.4 is 4.90 Å². The molecule has 0 aliphatic carbocycles. The smallest absolute Gasteiger partial charge is 0.225 e.